The van der Waals surface area contributed by atoms with Crippen LogP contribution in [0.25, 0.3) is 0 Å². The molecule has 0 bridgehead atoms. The van der Waals surface area contributed by atoms with E-state index in [1.807, 2.05) is 12.1 Å². The summed E-state index contributed by atoms with van der Waals surface area (Å²) in [5.41, 5.74) is 1.01. The molecular formula is C18H21ClFNO3S. The molecule has 0 radical (unpaired) electrons. The Balaban J connectivity index is 1.93. The minimum absolute atomic E-state index is 0.0437. The molecule has 0 heterocycles. The van der Waals surface area contributed by atoms with Gasteiger partial charge in [-0.15, -0.1) is 0 Å². The van der Waals surface area contributed by atoms with E-state index in [1.54, 1.807) is 12.1 Å². The lowest BCUT2D eigenvalue weighted by Crippen LogP contribution is -2.28. The second-order valence-corrected chi connectivity index (χ2v) is 8.77. The molecule has 0 unspecified atom stereocenters. The van der Waals surface area contributed by atoms with E-state index in [0.29, 0.717) is 5.75 Å². The van der Waals surface area contributed by atoms with Gasteiger partial charge in [-0.3, -0.25) is 0 Å². The van der Waals surface area contributed by atoms with Gasteiger partial charge in [0.2, 0.25) is 10.0 Å². The molecule has 0 saturated carbocycles. The Morgan fingerprint density at radius 3 is 2.32 bits per heavy atom. The topological polar surface area (TPSA) is 55.4 Å². The predicted molar refractivity (Wildman–Crippen MR) is 97.2 cm³/mol. The van der Waals surface area contributed by atoms with E-state index in [9.17, 15) is 12.8 Å². The van der Waals surface area contributed by atoms with Crippen molar-refractivity contribution in [2.24, 2.45) is 0 Å². The van der Waals surface area contributed by atoms with E-state index in [1.165, 1.54) is 12.1 Å². The van der Waals surface area contributed by atoms with Gasteiger partial charge in [0.25, 0.3) is 0 Å². The van der Waals surface area contributed by atoms with Gasteiger partial charge in [0.15, 0.2) is 0 Å². The number of halogens is 2. The standard InChI is InChI=1S/C18H21ClFNO3S/c1-18(2,3)13-4-7-15(8-5-13)25(22,23)21-10-11-24-17-9-6-14(20)12-16(17)19/h4-9,12,21H,10-11H2,1-3H3. The molecule has 0 aliphatic rings. The van der Waals surface area contributed by atoms with Crippen LogP contribution in [0, 0.1) is 5.82 Å². The first-order valence-corrected chi connectivity index (χ1v) is 9.64. The van der Waals surface area contributed by atoms with Crippen LogP contribution in [0.5, 0.6) is 5.75 Å². The third-order valence-corrected chi connectivity index (χ3v) is 5.35. The van der Waals surface area contributed by atoms with Crippen molar-refractivity contribution in [2.45, 2.75) is 31.1 Å². The summed E-state index contributed by atoms with van der Waals surface area (Å²) < 4.78 is 45.3. The number of hydrogen-bond acceptors (Lipinski definition) is 3. The monoisotopic (exact) mass is 385 g/mol. The number of hydrogen-bond donors (Lipinski definition) is 1. The summed E-state index contributed by atoms with van der Waals surface area (Å²) in [6.45, 7) is 6.33. The Morgan fingerprint density at radius 2 is 1.76 bits per heavy atom. The smallest absolute Gasteiger partial charge is 0.240 e. The first-order valence-electron chi connectivity index (χ1n) is 7.78. The molecule has 25 heavy (non-hydrogen) atoms. The van der Waals surface area contributed by atoms with Crippen LogP contribution in [0.1, 0.15) is 26.3 Å². The fourth-order valence-electron chi connectivity index (χ4n) is 2.15. The van der Waals surface area contributed by atoms with Crippen LogP contribution in [0.3, 0.4) is 0 Å². The van der Waals surface area contributed by atoms with Crippen molar-refractivity contribution < 1.29 is 17.5 Å². The molecule has 0 fully saturated rings. The zero-order valence-electron chi connectivity index (χ0n) is 14.3. The lowest BCUT2D eigenvalue weighted by Gasteiger charge is -2.19. The summed E-state index contributed by atoms with van der Waals surface area (Å²) in [7, 11) is -3.62. The number of ether oxygens (including phenoxy) is 1. The van der Waals surface area contributed by atoms with Crippen LogP contribution in [0.15, 0.2) is 47.4 Å². The molecule has 2 aromatic carbocycles. The van der Waals surface area contributed by atoms with Gasteiger partial charge in [0.05, 0.1) is 9.92 Å². The van der Waals surface area contributed by atoms with E-state index in [2.05, 4.69) is 25.5 Å². The highest BCUT2D eigenvalue weighted by atomic mass is 35.5. The summed E-state index contributed by atoms with van der Waals surface area (Å²) in [5, 5.41) is 0.139. The Labute approximate surface area is 153 Å². The molecule has 0 amide bonds. The molecule has 0 atom stereocenters. The van der Waals surface area contributed by atoms with Crippen LogP contribution >= 0.6 is 11.6 Å². The zero-order chi connectivity index (χ0) is 18.7. The zero-order valence-corrected chi connectivity index (χ0v) is 15.9. The minimum atomic E-state index is -3.62. The summed E-state index contributed by atoms with van der Waals surface area (Å²) in [5.74, 6) is -0.159. The lowest BCUT2D eigenvalue weighted by atomic mass is 9.87. The average Bonchev–Trinajstić information content (AvgIpc) is 2.52. The lowest BCUT2D eigenvalue weighted by molar-refractivity contribution is 0.322. The van der Waals surface area contributed by atoms with Crippen LogP contribution in [0.4, 0.5) is 4.39 Å². The normalized spacial score (nSPS) is 12.2. The maximum Gasteiger partial charge on any atom is 0.240 e. The fraction of sp³-hybridized carbons (Fsp3) is 0.333. The number of rotatable bonds is 6. The third-order valence-electron chi connectivity index (χ3n) is 3.58. The highest BCUT2D eigenvalue weighted by molar-refractivity contribution is 7.89. The molecule has 2 rings (SSSR count). The van der Waals surface area contributed by atoms with E-state index in [0.717, 1.165) is 11.6 Å². The Hall–Kier alpha value is -1.63. The second-order valence-electron chi connectivity index (χ2n) is 6.60. The van der Waals surface area contributed by atoms with Gasteiger partial charge < -0.3 is 4.74 Å². The molecular weight excluding hydrogens is 365 g/mol. The second kappa shape index (κ2) is 7.72. The van der Waals surface area contributed by atoms with Crippen LogP contribution in [-0.4, -0.2) is 21.6 Å². The average molecular weight is 386 g/mol. The van der Waals surface area contributed by atoms with E-state index < -0.39 is 15.8 Å². The van der Waals surface area contributed by atoms with Gasteiger partial charge in [-0.25, -0.2) is 17.5 Å². The van der Waals surface area contributed by atoms with Gasteiger partial charge >= 0.3 is 0 Å². The molecule has 136 valence electrons. The molecule has 0 aromatic heterocycles. The van der Waals surface area contributed by atoms with Gasteiger partial charge in [0.1, 0.15) is 18.2 Å². The highest BCUT2D eigenvalue weighted by Crippen LogP contribution is 2.25. The molecule has 7 heteroatoms. The van der Waals surface area contributed by atoms with E-state index in [-0.39, 0.29) is 28.5 Å². The first kappa shape index (κ1) is 19.7. The first-order chi connectivity index (χ1) is 11.6. The largest absolute Gasteiger partial charge is 0.491 e. The molecule has 4 nitrogen and oxygen atoms in total. The van der Waals surface area contributed by atoms with E-state index in [4.69, 9.17) is 16.3 Å². The quantitative estimate of drug-likeness (QED) is 0.760. The van der Waals surface area contributed by atoms with Crippen molar-refractivity contribution in [3.63, 3.8) is 0 Å². The van der Waals surface area contributed by atoms with Crippen molar-refractivity contribution in [2.75, 3.05) is 13.2 Å². The van der Waals surface area contributed by atoms with Crippen LogP contribution in [0.2, 0.25) is 5.02 Å². The van der Waals surface area contributed by atoms with Crippen molar-refractivity contribution >= 4 is 21.6 Å². The molecule has 0 aliphatic heterocycles. The summed E-state index contributed by atoms with van der Waals surface area (Å²) in [6.07, 6.45) is 0. The van der Waals surface area contributed by atoms with Gasteiger partial charge in [-0.2, -0.15) is 0 Å². The highest BCUT2D eigenvalue weighted by Gasteiger charge is 2.17. The van der Waals surface area contributed by atoms with Gasteiger partial charge in [-0.05, 0) is 41.3 Å². The molecule has 0 aliphatic carbocycles. The predicted octanol–water partition coefficient (Wildman–Crippen LogP) is 4.13. The van der Waals surface area contributed by atoms with Crippen LogP contribution in [-0.2, 0) is 15.4 Å². The fourth-order valence-corrected chi connectivity index (χ4v) is 3.38. The van der Waals surface area contributed by atoms with E-state index >= 15 is 0 Å². The molecule has 0 saturated heterocycles. The molecule has 1 N–H and O–H groups in total. The number of sulfonamides is 1. The Kier molecular flexibility index (Phi) is 6.08. The maximum absolute atomic E-state index is 13.0. The third kappa shape index (κ3) is 5.42. The van der Waals surface area contributed by atoms with Crippen molar-refractivity contribution in [3.8, 4) is 5.75 Å². The Morgan fingerprint density at radius 1 is 1.12 bits per heavy atom. The summed E-state index contributed by atoms with van der Waals surface area (Å²) in [4.78, 5) is 0.195. The Bertz CT molecular complexity index is 830. The maximum atomic E-state index is 13.0. The number of benzene rings is 2. The van der Waals surface area contributed by atoms with Crippen molar-refractivity contribution in [3.05, 3.63) is 58.9 Å². The summed E-state index contributed by atoms with van der Waals surface area (Å²) >= 11 is 5.84. The van der Waals surface area contributed by atoms with Crippen LogP contribution < -0.4 is 9.46 Å². The van der Waals surface area contributed by atoms with Crippen molar-refractivity contribution in [1.82, 2.24) is 4.72 Å². The molecule has 2 aromatic rings. The summed E-state index contributed by atoms with van der Waals surface area (Å²) in [6, 6.07) is 10.5. The number of nitrogens with one attached hydrogen (secondary N) is 1. The van der Waals surface area contributed by atoms with Crippen molar-refractivity contribution in [1.29, 1.82) is 0 Å². The SMILES string of the molecule is CC(C)(C)c1ccc(S(=O)(=O)NCCOc2ccc(F)cc2Cl)cc1. The van der Waals surface area contributed by atoms with Gasteiger partial charge in [0, 0.05) is 6.54 Å². The molecule has 0 spiro atoms. The minimum Gasteiger partial charge on any atom is -0.491 e. The van der Waals surface area contributed by atoms with Gasteiger partial charge in [-0.1, -0.05) is 44.5 Å².